The van der Waals surface area contributed by atoms with Crippen molar-refractivity contribution in [1.82, 2.24) is 5.32 Å². The van der Waals surface area contributed by atoms with Crippen LogP contribution in [-0.4, -0.2) is 25.5 Å². The minimum Gasteiger partial charge on any atom is -0.493 e. The Hall–Kier alpha value is -2.81. The molecule has 0 aromatic heterocycles. The average Bonchev–Trinajstić information content (AvgIpc) is 2.53. The van der Waals surface area contributed by atoms with Gasteiger partial charge in [-0.05, 0) is 30.2 Å². The van der Waals surface area contributed by atoms with Crippen LogP contribution < -0.4 is 14.8 Å². The minimum absolute atomic E-state index is 0.00314. The van der Waals surface area contributed by atoms with E-state index in [1.807, 2.05) is 13.0 Å². The Morgan fingerprint density at radius 2 is 2.09 bits per heavy atom. The van der Waals surface area contributed by atoms with E-state index < -0.39 is 11.9 Å². The van der Waals surface area contributed by atoms with Crippen LogP contribution >= 0.6 is 0 Å². The van der Waals surface area contributed by atoms with Crippen molar-refractivity contribution < 1.29 is 19.1 Å². The lowest BCUT2D eigenvalue weighted by atomic mass is 10.1. The number of unbranched alkanes of at least 4 members (excludes halogenated alkanes) is 1. The summed E-state index contributed by atoms with van der Waals surface area (Å²) in [7, 11) is 1.44. The van der Waals surface area contributed by atoms with Crippen LogP contribution in [0.2, 0.25) is 0 Å². The summed E-state index contributed by atoms with van der Waals surface area (Å²) in [5.41, 5.74) is 0.600. The average molecular weight is 316 g/mol. The zero-order valence-corrected chi connectivity index (χ0v) is 13.5. The molecule has 0 fully saturated rings. The Morgan fingerprint density at radius 3 is 2.65 bits per heavy atom. The van der Waals surface area contributed by atoms with Gasteiger partial charge in [-0.1, -0.05) is 19.4 Å². The van der Waals surface area contributed by atoms with Crippen molar-refractivity contribution in [3.8, 4) is 17.6 Å². The molecule has 0 saturated heterocycles. The van der Waals surface area contributed by atoms with E-state index in [4.69, 9.17) is 14.7 Å². The fourth-order valence-corrected chi connectivity index (χ4v) is 1.80. The Kier molecular flexibility index (Phi) is 7.34. The molecule has 6 heteroatoms. The van der Waals surface area contributed by atoms with Crippen molar-refractivity contribution in [2.45, 2.75) is 26.7 Å². The molecule has 1 amide bonds. The van der Waals surface area contributed by atoms with Gasteiger partial charge in [-0.15, -0.1) is 0 Å². The lowest BCUT2D eigenvalue weighted by molar-refractivity contribution is -0.132. The fraction of sp³-hybridized carbons (Fsp3) is 0.353. The van der Waals surface area contributed by atoms with Gasteiger partial charge in [0.05, 0.1) is 7.11 Å². The summed E-state index contributed by atoms with van der Waals surface area (Å²) >= 11 is 0. The number of nitrogens with zero attached hydrogens (tertiary/aromatic N) is 1. The summed E-state index contributed by atoms with van der Waals surface area (Å²) in [6.45, 7) is 3.84. The van der Waals surface area contributed by atoms with Crippen LogP contribution in [0.25, 0.3) is 6.08 Å². The molecule has 23 heavy (non-hydrogen) atoms. The van der Waals surface area contributed by atoms with E-state index in [1.165, 1.54) is 20.1 Å². The van der Waals surface area contributed by atoms with Gasteiger partial charge in [-0.2, -0.15) is 5.26 Å². The first-order valence-electron chi connectivity index (χ1n) is 7.28. The van der Waals surface area contributed by atoms with Gasteiger partial charge in [0.25, 0.3) is 5.91 Å². The second kappa shape index (κ2) is 9.26. The second-order valence-corrected chi connectivity index (χ2v) is 4.78. The Morgan fingerprint density at radius 1 is 1.35 bits per heavy atom. The number of rotatable bonds is 7. The third kappa shape index (κ3) is 5.83. The molecule has 1 aromatic rings. The lowest BCUT2D eigenvalue weighted by Crippen LogP contribution is -2.25. The first-order chi connectivity index (χ1) is 11.0. The zero-order chi connectivity index (χ0) is 17.2. The molecule has 0 unspecified atom stereocenters. The van der Waals surface area contributed by atoms with Crippen molar-refractivity contribution in [3.63, 3.8) is 0 Å². The Bertz CT molecular complexity index is 644. The Balaban J connectivity index is 2.98. The molecular formula is C17H20N2O4. The minimum atomic E-state index is -0.459. The monoisotopic (exact) mass is 316 g/mol. The van der Waals surface area contributed by atoms with Gasteiger partial charge in [-0.3, -0.25) is 9.59 Å². The van der Waals surface area contributed by atoms with Crippen LogP contribution in [-0.2, 0) is 9.59 Å². The van der Waals surface area contributed by atoms with Crippen molar-refractivity contribution in [2.75, 3.05) is 13.7 Å². The maximum atomic E-state index is 11.9. The number of benzene rings is 1. The van der Waals surface area contributed by atoms with E-state index >= 15 is 0 Å². The number of methoxy groups -OCH3 is 1. The van der Waals surface area contributed by atoms with E-state index in [-0.39, 0.29) is 11.3 Å². The van der Waals surface area contributed by atoms with E-state index in [0.29, 0.717) is 17.9 Å². The third-order valence-corrected chi connectivity index (χ3v) is 2.93. The molecule has 0 aliphatic carbocycles. The standard InChI is InChI=1S/C17H20N2O4/c1-4-5-8-19-17(21)14(11-18)9-13-6-7-15(23-12(2)20)16(10-13)22-3/h6-7,9-10H,4-5,8H2,1-3H3,(H,19,21)/b14-9+. The highest BCUT2D eigenvalue weighted by molar-refractivity contribution is 6.01. The van der Waals surface area contributed by atoms with Gasteiger partial charge in [-0.25, -0.2) is 0 Å². The molecule has 1 aromatic carbocycles. The smallest absolute Gasteiger partial charge is 0.308 e. The maximum Gasteiger partial charge on any atom is 0.308 e. The van der Waals surface area contributed by atoms with Gasteiger partial charge in [0.15, 0.2) is 11.5 Å². The number of amides is 1. The molecule has 0 aliphatic rings. The number of carbonyl (C=O) groups excluding carboxylic acids is 2. The second-order valence-electron chi connectivity index (χ2n) is 4.78. The molecule has 6 nitrogen and oxygen atoms in total. The number of ether oxygens (including phenoxy) is 2. The van der Waals surface area contributed by atoms with Crippen molar-refractivity contribution in [2.24, 2.45) is 0 Å². The Labute approximate surface area is 135 Å². The van der Waals surface area contributed by atoms with Gasteiger partial charge < -0.3 is 14.8 Å². The number of nitrogens with one attached hydrogen (secondary N) is 1. The number of hydrogen-bond donors (Lipinski definition) is 1. The SMILES string of the molecule is CCCCNC(=O)/C(C#N)=C/c1ccc(OC(C)=O)c(OC)c1. The molecule has 0 atom stereocenters. The molecule has 122 valence electrons. The van der Waals surface area contributed by atoms with Crippen LogP contribution in [0.1, 0.15) is 32.3 Å². The van der Waals surface area contributed by atoms with Crippen molar-refractivity contribution in [3.05, 3.63) is 29.3 Å². The van der Waals surface area contributed by atoms with Crippen LogP contribution in [0.3, 0.4) is 0 Å². The summed E-state index contributed by atoms with van der Waals surface area (Å²) in [4.78, 5) is 22.9. The molecule has 1 N–H and O–H groups in total. The van der Waals surface area contributed by atoms with E-state index in [2.05, 4.69) is 5.32 Å². The summed E-state index contributed by atoms with van der Waals surface area (Å²) < 4.78 is 10.2. The van der Waals surface area contributed by atoms with E-state index in [0.717, 1.165) is 12.8 Å². The summed E-state index contributed by atoms with van der Waals surface area (Å²) in [6, 6.07) is 6.66. The molecule has 0 aliphatic heterocycles. The fourth-order valence-electron chi connectivity index (χ4n) is 1.80. The zero-order valence-electron chi connectivity index (χ0n) is 13.5. The molecular weight excluding hydrogens is 296 g/mol. The summed E-state index contributed by atoms with van der Waals surface area (Å²) in [5.74, 6) is -0.246. The summed E-state index contributed by atoms with van der Waals surface area (Å²) in [5, 5.41) is 11.8. The van der Waals surface area contributed by atoms with E-state index in [9.17, 15) is 9.59 Å². The predicted molar refractivity (Wildman–Crippen MR) is 85.8 cm³/mol. The largest absolute Gasteiger partial charge is 0.493 e. The maximum absolute atomic E-state index is 11.9. The molecule has 0 saturated carbocycles. The number of hydrogen-bond acceptors (Lipinski definition) is 5. The number of nitriles is 1. The highest BCUT2D eigenvalue weighted by Gasteiger charge is 2.11. The lowest BCUT2D eigenvalue weighted by Gasteiger charge is -2.09. The molecule has 0 spiro atoms. The molecule has 1 rings (SSSR count). The van der Waals surface area contributed by atoms with Gasteiger partial charge >= 0.3 is 5.97 Å². The summed E-state index contributed by atoms with van der Waals surface area (Å²) in [6.07, 6.45) is 3.28. The topological polar surface area (TPSA) is 88.4 Å². The van der Waals surface area contributed by atoms with Crippen molar-refractivity contribution in [1.29, 1.82) is 5.26 Å². The van der Waals surface area contributed by atoms with Crippen LogP contribution in [0.15, 0.2) is 23.8 Å². The van der Waals surface area contributed by atoms with Gasteiger partial charge in [0.2, 0.25) is 0 Å². The van der Waals surface area contributed by atoms with Crippen LogP contribution in [0.4, 0.5) is 0 Å². The molecule has 0 heterocycles. The normalized spacial score (nSPS) is 10.6. The quantitative estimate of drug-likeness (QED) is 0.274. The first-order valence-corrected chi connectivity index (χ1v) is 7.28. The first kappa shape index (κ1) is 18.2. The van der Waals surface area contributed by atoms with Crippen LogP contribution in [0, 0.1) is 11.3 Å². The number of carbonyl (C=O) groups is 2. The molecule has 0 bridgehead atoms. The van der Waals surface area contributed by atoms with Gasteiger partial charge in [0.1, 0.15) is 11.6 Å². The highest BCUT2D eigenvalue weighted by atomic mass is 16.6. The van der Waals surface area contributed by atoms with Crippen LogP contribution in [0.5, 0.6) is 11.5 Å². The molecule has 0 radical (unpaired) electrons. The number of esters is 1. The van der Waals surface area contributed by atoms with Crippen molar-refractivity contribution >= 4 is 18.0 Å². The predicted octanol–water partition coefficient (Wildman–Crippen LogP) is 2.44. The van der Waals surface area contributed by atoms with E-state index in [1.54, 1.807) is 18.2 Å². The van der Waals surface area contributed by atoms with Gasteiger partial charge in [0, 0.05) is 13.5 Å². The highest BCUT2D eigenvalue weighted by Crippen LogP contribution is 2.29. The third-order valence-electron chi connectivity index (χ3n) is 2.93.